The predicted octanol–water partition coefficient (Wildman–Crippen LogP) is 5.63. The number of hydrogen-bond acceptors (Lipinski definition) is 4. The summed E-state index contributed by atoms with van der Waals surface area (Å²) in [4.78, 5) is 27.0. The van der Waals surface area contributed by atoms with E-state index in [1.165, 1.54) is 25.7 Å². The molecule has 4 heterocycles. The number of H-pyrrole nitrogens is 1. The van der Waals surface area contributed by atoms with Crippen molar-refractivity contribution in [2.45, 2.75) is 39.5 Å². The number of aromatic nitrogens is 3. The van der Waals surface area contributed by atoms with Crippen LogP contribution in [0.2, 0.25) is 0 Å². The van der Waals surface area contributed by atoms with Crippen LogP contribution in [0.25, 0.3) is 11.0 Å². The molecule has 3 aromatic heterocycles. The molecule has 0 unspecified atom stereocenters. The standard InChI is InChI=1S/C23H28BrN5O/c1-15(2)7-8-16-5-4-10-29(14-16)21-18(24)12-26-22-20(21)19(13-27-22)28-23(30)17-6-3-9-25-11-17/h3,6,9,11-13,15-16H,4-5,7-8,10,14H2,1-2H3,(H,26,27)(H,28,30)/t16-/m0/s1. The molecule has 1 aliphatic heterocycles. The van der Waals surface area contributed by atoms with E-state index in [9.17, 15) is 4.79 Å². The van der Waals surface area contributed by atoms with Gasteiger partial charge in [0, 0.05) is 37.9 Å². The van der Waals surface area contributed by atoms with Crippen LogP contribution in [-0.2, 0) is 0 Å². The third kappa shape index (κ3) is 4.51. The van der Waals surface area contributed by atoms with Gasteiger partial charge in [0.05, 0.1) is 26.8 Å². The summed E-state index contributed by atoms with van der Waals surface area (Å²) in [6, 6.07) is 3.52. The van der Waals surface area contributed by atoms with Crippen molar-refractivity contribution in [2.24, 2.45) is 11.8 Å². The second-order valence-electron chi connectivity index (χ2n) is 8.50. The summed E-state index contributed by atoms with van der Waals surface area (Å²) in [5.74, 6) is 1.26. The highest BCUT2D eigenvalue weighted by Crippen LogP contribution is 2.40. The van der Waals surface area contributed by atoms with Crippen molar-refractivity contribution in [3.63, 3.8) is 0 Å². The first-order valence-electron chi connectivity index (χ1n) is 10.6. The van der Waals surface area contributed by atoms with E-state index >= 15 is 0 Å². The molecule has 7 heteroatoms. The van der Waals surface area contributed by atoms with Gasteiger partial charge >= 0.3 is 0 Å². The minimum Gasteiger partial charge on any atom is -0.370 e. The van der Waals surface area contributed by atoms with Gasteiger partial charge in [-0.15, -0.1) is 0 Å². The van der Waals surface area contributed by atoms with Crippen molar-refractivity contribution < 1.29 is 4.79 Å². The maximum Gasteiger partial charge on any atom is 0.257 e. The van der Waals surface area contributed by atoms with E-state index in [0.29, 0.717) is 11.5 Å². The molecule has 0 aliphatic carbocycles. The average molecular weight is 470 g/mol. The molecular formula is C23H28BrN5O. The number of piperidine rings is 1. The Hall–Kier alpha value is -2.41. The second-order valence-corrected chi connectivity index (χ2v) is 9.36. The van der Waals surface area contributed by atoms with Gasteiger partial charge in [0.15, 0.2) is 0 Å². The van der Waals surface area contributed by atoms with E-state index < -0.39 is 0 Å². The number of carbonyl (C=O) groups is 1. The van der Waals surface area contributed by atoms with Crippen LogP contribution >= 0.6 is 15.9 Å². The minimum atomic E-state index is -0.177. The van der Waals surface area contributed by atoms with Gasteiger partial charge in [0.2, 0.25) is 0 Å². The van der Waals surface area contributed by atoms with Crippen LogP contribution in [0, 0.1) is 11.8 Å². The number of carbonyl (C=O) groups excluding carboxylic acids is 1. The fourth-order valence-electron chi connectivity index (χ4n) is 4.23. The quantitative estimate of drug-likeness (QED) is 0.490. The van der Waals surface area contributed by atoms with Crippen molar-refractivity contribution in [2.75, 3.05) is 23.3 Å². The second kappa shape index (κ2) is 9.16. The topological polar surface area (TPSA) is 73.9 Å². The van der Waals surface area contributed by atoms with E-state index in [0.717, 1.165) is 45.9 Å². The number of amides is 1. The highest BCUT2D eigenvalue weighted by Gasteiger charge is 2.25. The smallest absolute Gasteiger partial charge is 0.257 e. The fourth-order valence-corrected chi connectivity index (χ4v) is 4.78. The number of aromatic amines is 1. The average Bonchev–Trinajstić information content (AvgIpc) is 3.15. The molecule has 30 heavy (non-hydrogen) atoms. The Morgan fingerprint density at radius 2 is 2.27 bits per heavy atom. The number of anilines is 2. The minimum absolute atomic E-state index is 0.177. The summed E-state index contributed by atoms with van der Waals surface area (Å²) in [5.41, 5.74) is 3.16. The SMILES string of the molecule is CC(C)CC[C@@H]1CCCN(c2c(Br)cnc3[nH]cc(NC(=O)c4cccnc4)c23)C1. The summed E-state index contributed by atoms with van der Waals surface area (Å²) in [7, 11) is 0. The monoisotopic (exact) mass is 469 g/mol. The van der Waals surface area contributed by atoms with Crippen LogP contribution in [0.1, 0.15) is 49.9 Å². The molecule has 3 aromatic rings. The molecule has 0 spiro atoms. The number of fused-ring (bicyclic) bond motifs is 1. The zero-order valence-corrected chi connectivity index (χ0v) is 19.1. The number of halogens is 1. The lowest BCUT2D eigenvalue weighted by atomic mass is 9.90. The Bertz CT molecular complexity index is 1020. The van der Waals surface area contributed by atoms with Gasteiger partial charge in [-0.3, -0.25) is 9.78 Å². The normalized spacial score (nSPS) is 16.9. The van der Waals surface area contributed by atoms with Crippen molar-refractivity contribution in [3.05, 3.63) is 47.0 Å². The van der Waals surface area contributed by atoms with Gasteiger partial charge in [0.1, 0.15) is 5.65 Å². The Morgan fingerprint density at radius 1 is 1.40 bits per heavy atom. The molecule has 1 fully saturated rings. The molecule has 2 N–H and O–H groups in total. The summed E-state index contributed by atoms with van der Waals surface area (Å²) in [6.45, 7) is 6.63. The summed E-state index contributed by atoms with van der Waals surface area (Å²) in [5, 5.41) is 3.99. The Morgan fingerprint density at radius 3 is 3.03 bits per heavy atom. The zero-order valence-electron chi connectivity index (χ0n) is 17.5. The highest BCUT2D eigenvalue weighted by molar-refractivity contribution is 9.10. The van der Waals surface area contributed by atoms with Gasteiger partial charge in [0.25, 0.3) is 5.91 Å². The van der Waals surface area contributed by atoms with E-state index in [1.807, 2.05) is 12.4 Å². The van der Waals surface area contributed by atoms with E-state index in [1.54, 1.807) is 24.5 Å². The molecular weight excluding hydrogens is 442 g/mol. The van der Waals surface area contributed by atoms with Crippen LogP contribution < -0.4 is 10.2 Å². The Labute approximate surface area is 185 Å². The van der Waals surface area contributed by atoms with Crippen LogP contribution in [0.5, 0.6) is 0 Å². The predicted molar refractivity (Wildman–Crippen MR) is 125 cm³/mol. The van der Waals surface area contributed by atoms with Gasteiger partial charge in [-0.05, 0) is 59.2 Å². The van der Waals surface area contributed by atoms with Crippen molar-refractivity contribution in [1.82, 2.24) is 15.0 Å². The molecule has 1 atom stereocenters. The first-order valence-corrected chi connectivity index (χ1v) is 11.4. The van der Waals surface area contributed by atoms with E-state index in [2.05, 4.69) is 54.9 Å². The van der Waals surface area contributed by atoms with Crippen LogP contribution in [0.3, 0.4) is 0 Å². The lowest BCUT2D eigenvalue weighted by Crippen LogP contribution is -2.36. The van der Waals surface area contributed by atoms with Crippen LogP contribution in [-0.4, -0.2) is 33.9 Å². The van der Waals surface area contributed by atoms with Crippen molar-refractivity contribution >= 4 is 44.2 Å². The van der Waals surface area contributed by atoms with E-state index in [4.69, 9.17) is 0 Å². The largest absolute Gasteiger partial charge is 0.370 e. The summed E-state index contributed by atoms with van der Waals surface area (Å²) in [6.07, 6.45) is 11.9. The zero-order chi connectivity index (χ0) is 21.1. The first-order chi connectivity index (χ1) is 14.5. The lowest BCUT2D eigenvalue weighted by molar-refractivity contribution is 0.102. The summed E-state index contributed by atoms with van der Waals surface area (Å²) < 4.78 is 0.955. The van der Waals surface area contributed by atoms with Gasteiger partial charge in [-0.25, -0.2) is 4.98 Å². The van der Waals surface area contributed by atoms with Crippen LogP contribution in [0.4, 0.5) is 11.4 Å². The third-order valence-electron chi connectivity index (χ3n) is 5.79. The molecule has 1 saturated heterocycles. The fraction of sp³-hybridized carbons (Fsp3) is 0.435. The molecule has 6 nitrogen and oxygen atoms in total. The number of nitrogens with zero attached hydrogens (tertiary/aromatic N) is 3. The molecule has 0 radical (unpaired) electrons. The number of nitrogens with one attached hydrogen (secondary N) is 2. The Kier molecular flexibility index (Phi) is 6.37. The third-order valence-corrected chi connectivity index (χ3v) is 6.37. The molecule has 0 bridgehead atoms. The molecule has 1 amide bonds. The lowest BCUT2D eigenvalue weighted by Gasteiger charge is -2.35. The van der Waals surface area contributed by atoms with E-state index in [-0.39, 0.29) is 5.91 Å². The molecule has 158 valence electrons. The molecule has 0 saturated carbocycles. The number of pyridine rings is 2. The highest BCUT2D eigenvalue weighted by atomic mass is 79.9. The van der Waals surface area contributed by atoms with Gasteiger partial charge in [-0.1, -0.05) is 20.3 Å². The maximum atomic E-state index is 12.7. The maximum absolute atomic E-state index is 12.7. The van der Waals surface area contributed by atoms with Crippen LogP contribution in [0.15, 0.2) is 41.4 Å². The molecule has 0 aromatic carbocycles. The number of hydrogen-bond donors (Lipinski definition) is 2. The van der Waals surface area contributed by atoms with Gasteiger partial charge in [-0.2, -0.15) is 0 Å². The Balaban J connectivity index is 1.64. The summed E-state index contributed by atoms with van der Waals surface area (Å²) >= 11 is 3.72. The number of rotatable bonds is 6. The molecule has 1 aliphatic rings. The van der Waals surface area contributed by atoms with Gasteiger partial charge < -0.3 is 15.2 Å². The van der Waals surface area contributed by atoms with Crippen molar-refractivity contribution in [3.8, 4) is 0 Å². The van der Waals surface area contributed by atoms with Crippen molar-refractivity contribution in [1.29, 1.82) is 0 Å². The first kappa shape index (κ1) is 20.8. The molecule has 4 rings (SSSR count).